The molecule has 1 aromatic carbocycles. The topological polar surface area (TPSA) is 41.5 Å². The van der Waals surface area contributed by atoms with Crippen LogP contribution in [0.1, 0.15) is 31.4 Å². The van der Waals surface area contributed by atoms with E-state index in [2.05, 4.69) is 11.4 Å². The lowest BCUT2D eigenvalue weighted by Gasteiger charge is -2.35. The first-order valence-electron chi connectivity index (χ1n) is 5.71. The minimum absolute atomic E-state index is 0.180. The third kappa shape index (κ3) is 2.36. The van der Waals surface area contributed by atoms with Gasteiger partial charge in [0.25, 0.3) is 0 Å². The lowest BCUT2D eigenvalue weighted by molar-refractivity contribution is 0.0129. The Balaban J connectivity index is 2.23. The van der Waals surface area contributed by atoms with Crippen LogP contribution in [0.5, 0.6) is 5.75 Å². The van der Waals surface area contributed by atoms with Crippen molar-refractivity contribution >= 4 is 0 Å². The van der Waals surface area contributed by atoms with Gasteiger partial charge in [0.05, 0.1) is 12.7 Å². The Labute approximate surface area is 96.4 Å². The predicted octanol–water partition coefficient (Wildman–Crippen LogP) is 1.87. The maximum Gasteiger partial charge on any atom is 0.123 e. The zero-order valence-electron chi connectivity index (χ0n) is 9.86. The summed E-state index contributed by atoms with van der Waals surface area (Å²) in [6.45, 7) is 2.74. The number of aliphatic hydroxyl groups is 1. The van der Waals surface area contributed by atoms with Crippen molar-refractivity contribution in [1.82, 2.24) is 5.32 Å². The summed E-state index contributed by atoms with van der Waals surface area (Å²) in [6, 6.07) is 8.16. The Morgan fingerprint density at radius 2 is 2.19 bits per heavy atom. The van der Waals surface area contributed by atoms with Crippen LogP contribution in [0.2, 0.25) is 0 Å². The molecule has 16 heavy (non-hydrogen) atoms. The molecule has 0 amide bonds. The summed E-state index contributed by atoms with van der Waals surface area (Å²) in [5, 5.41) is 13.5. The number of piperidine rings is 1. The van der Waals surface area contributed by atoms with Crippen LogP contribution < -0.4 is 10.1 Å². The summed E-state index contributed by atoms with van der Waals surface area (Å²) in [4.78, 5) is 0. The van der Waals surface area contributed by atoms with Crippen molar-refractivity contribution in [3.05, 3.63) is 29.8 Å². The van der Waals surface area contributed by atoms with Crippen molar-refractivity contribution in [2.75, 3.05) is 13.7 Å². The highest BCUT2D eigenvalue weighted by molar-refractivity contribution is 5.36. The van der Waals surface area contributed by atoms with Crippen molar-refractivity contribution < 1.29 is 9.84 Å². The number of ether oxygens (including phenoxy) is 1. The molecule has 3 heteroatoms. The van der Waals surface area contributed by atoms with Gasteiger partial charge in [-0.15, -0.1) is 0 Å². The fourth-order valence-electron chi connectivity index (χ4n) is 2.30. The number of para-hydroxylation sites is 1. The summed E-state index contributed by atoms with van der Waals surface area (Å²) in [5.41, 5.74) is 0.557. The van der Waals surface area contributed by atoms with Gasteiger partial charge in [0, 0.05) is 11.6 Å². The van der Waals surface area contributed by atoms with Gasteiger partial charge in [-0.2, -0.15) is 0 Å². The fraction of sp³-hybridized carbons (Fsp3) is 0.538. The SMILES string of the molecule is COc1ccccc1C1CC(C)(O)CCN1. The number of hydrogen-bond donors (Lipinski definition) is 2. The summed E-state index contributed by atoms with van der Waals surface area (Å²) >= 11 is 0. The van der Waals surface area contributed by atoms with Crippen LogP contribution in [0.4, 0.5) is 0 Å². The Bertz CT molecular complexity index is 363. The molecular weight excluding hydrogens is 202 g/mol. The molecule has 1 aliphatic heterocycles. The first-order valence-corrected chi connectivity index (χ1v) is 5.71. The van der Waals surface area contributed by atoms with Gasteiger partial charge in [-0.05, 0) is 32.4 Å². The van der Waals surface area contributed by atoms with Gasteiger partial charge in [0.1, 0.15) is 5.75 Å². The average Bonchev–Trinajstić information content (AvgIpc) is 2.27. The quantitative estimate of drug-likeness (QED) is 0.801. The lowest BCUT2D eigenvalue weighted by atomic mass is 9.86. The molecule has 0 saturated carbocycles. The Kier molecular flexibility index (Phi) is 3.17. The highest BCUT2D eigenvalue weighted by atomic mass is 16.5. The van der Waals surface area contributed by atoms with E-state index in [1.165, 1.54) is 0 Å². The van der Waals surface area contributed by atoms with Crippen molar-refractivity contribution in [2.45, 2.75) is 31.4 Å². The first-order chi connectivity index (χ1) is 7.62. The third-order valence-corrected chi connectivity index (χ3v) is 3.21. The number of methoxy groups -OCH3 is 1. The molecule has 2 N–H and O–H groups in total. The van der Waals surface area contributed by atoms with Crippen molar-refractivity contribution in [3.63, 3.8) is 0 Å². The van der Waals surface area contributed by atoms with E-state index in [9.17, 15) is 5.11 Å². The molecule has 0 aliphatic carbocycles. The predicted molar refractivity (Wildman–Crippen MR) is 63.6 cm³/mol. The second-order valence-corrected chi connectivity index (χ2v) is 4.70. The van der Waals surface area contributed by atoms with Crippen molar-refractivity contribution in [1.29, 1.82) is 0 Å². The second kappa shape index (κ2) is 4.44. The number of rotatable bonds is 2. The number of nitrogens with one attached hydrogen (secondary N) is 1. The van der Waals surface area contributed by atoms with E-state index in [-0.39, 0.29) is 6.04 Å². The molecule has 3 nitrogen and oxygen atoms in total. The first kappa shape index (κ1) is 11.4. The summed E-state index contributed by atoms with van der Waals surface area (Å²) in [7, 11) is 1.68. The maximum absolute atomic E-state index is 10.1. The standard InChI is InChI=1S/C13H19NO2/c1-13(15)7-8-14-11(9-13)10-5-3-4-6-12(10)16-2/h3-6,11,14-15H,7-9H2,1-2H3. The smallest absolute Gasteiger partial charge is 0.123 e. The second-order valence-electron chi connectivity index (χ2n) is 4.70. The van der Waals surface area contributed by atoms with Crippen LogP contribution in [0, 0.1) is 0 Å². The molecule has 2 unspecified atom stereocenters. The Morgan fingerprint density at radius 1 is 1.44 bits per heavy atom. The summed E-state index contributed by atoms with van der Waals surface area (Å²) < 4.78 is 5.35. The van der Waals surface area contributed by atoms with Gasteiger partial charge in [-0.1, -0.05) is 18.2 Å². The summed E-state index contributed by atoms with van der Waals surface area (Å²) in [6.07, 6.45) is 1.53. The lowest BCUT2D eigenvalue weighted by Crippen LogP contribution is -2.41. The van der Waals surface area contributed by atoms with E-state index in [4.69, 9.17) is 4.74 Å². The fourth-order valence-corrected chi connectivity index (χ4v) is 2.30. The molecule has 0 bridgehead atoms. The molecule has 1 heterocycles. The van der Waals surface area contributed by atoms with Gasteiger partial charge < -0.3 is 15.2 Å². The van der Waals surface area contributed by atoms with Crippen LogP contribution in [0.25, 0.3) is 0 Å². The molecule has 1 fully saturated rings. The normalized spacial score (nSPS) is 30.1. The van der Waals surface area contributed by atoms with Crippen LogP contribution in [0.15, 0.2) is 24.3 Å². The van der Waals surface area contributed by atoms with E-state index in [1.54, 1.807) is 7.11 Å². The molecule has 1 aliphatic rings. The van der Waals surface area contributed by atoms with Gasteiger partial charge in [-0.25, -0.2) is 0 Å². The third-order valence-electron chi connectivity index (χ3n) is 3.21. The number of hydrogen-bond acceptors (Lipinski definition) is 3. The molecular formula is C13H19NO2. The summed E-state index contributed by atoms with van der Waals surface area (Å²) in [5.74, 6) is 0.887. The van der Waals surface area contributed by atoms with E-state index in [0.717, 1.165) is 30.7 Å². The van der Waals surface area contributed by atoms with E-state index < -0.39 is 5.60 Å². The monoisotopic (exact) mass is 221 g/mol. The van der Waals surface area contributed by atoms with Crippen molar-refractivity contribution in [3.8, 4) is 5.75 Å². The van der Waals surface area contributed by atoms with Gasteiger partial charge in [-0.3, -0.25) is 0 Å². The zero-order valence-corrected chi connectivity index (χ0v) is 9.86. The van der Waals surface area contributed by atoms with Crippen LogP contribution in [-0.2, 0) is 0 Å². The van der Waals surface area contributed by atoms with Gasteiger partial charge in [0.15, 0.2) is 0 Å². The highest BCUT2D eigenvalue weighted by Gasteiger charge is 2.31. The van der Waals surface area contributed by atoms with E-state index >= 15 is 0 Å². The molecule has 0 aromatic heterocycles. The van der Waals surface area contributed by atoms with Crippen LogP contribution in [0.3, 0.4) is 0 Å². The molecule has 1 aromatic rings. The Hall–Kier alpha value is -1.06. The average molecular weight is 221 g/mol. The zero-order chi connectivity index (χ0) is 11.6. The van der Waals surface area contributed by atoms with Gasteiger partial charge >= 0.3 is 0 Å². The van der Waals surface area contributed by atoms with Gasteiger partial charge in [0.2, 0.25) is 0 Å². The molecule has 88 valence electrons. The minimum Gasteiger partial charge on any atom is -0.496 e. The maximum atomic E-state index is 10.1. The Morgan fingerprint density at radius 3 is 2.88 bits per heavy atom. The van der Waals surface area contributed by atoms with Crippen LogP contribution >= 0.6 is 0 Å². The van der Waals surface area contributed by atoms with E-state index in [0.29, 0.717) is 0 Å². The molecule has 0 spiro atoms. The molecule has 2 atom stereocenters. The van der Waals surface area contributed by atoms with E-state index in [1.807, 2.05) is 25.1 Å². The largest absolute Gasteiger partial charge is 0.496 e. The van der Waals surface area contributed by atoms with Crippen molar-refractivity contribution in [2.24, 2.45) is 0 Å². The molecule has 0 radical (unpaired) electrons. The minimum atomic E-state index is -0.573. The molecule has 1 saturated heterocycles. The number of benzene rings is 1. The van der Waals surface area contributed by atoms with Crippen LogP contribution in [-0.4, -0.2) is 24.4 Å². The highest BCUT2D eigenvalue weighted by Crippen LogP contribution is 2.34. The molecule has 2 rings (SSSR count).